The molecular formula is C17H18BrN5O. The molecule has 0 radical (unpaired) electrons. The molecule has 0 unspecified atom stereocenters. The highest BCUT2D eigenvalue weighted by molar-refractivity contribution is 9.10. The molecule has 1 fully saturated rings. The molecule has 3 heterocycles. The van der Waals surface area contributed by atoms with E-state index in [0.717, 1.165) is 46.6 Å². The molecule has 7 heteroatoms. The van der Waals surface area contributed by atoms with E-state index in [1.165, 1.54) is 5.56 Å². The number of methoxy groups -OCH3 is 1. The second-order valence-electron chi connectivity index (χ2n) is 5.93. The molecule has 1 aliphatic heterocycles. The molecule has 1 aromatic carbocycles. The lowest BCUT2D eigenvalue weighted by Crippen LogP contribution is -2.24. The fourth-order valence-corrected chi connectivity index (χ4v) is 4.03. The number of ether oxygens (including phenoxy) is 1. The molecule has 0 saturated carbocycles. The number of rotatable bonds is 3. The summed E-state index contributed by atoms with van der Waals surface area (Å²) in [4.78, 5) is 11.3. The summed E-state index contributed by atoms with van der Waals surface area (Å²) in [5.74, 6) is 1.82. The van der Waals surface area contributed by atoms with Crippen LogP contribution in [0, 0.1) is 0 Å². The Hall–Kier alpha value is -2.15. The molecule has 6 nitrogen and oxygen atoms in total. The molecule has 0 bridgehead atoms. The van der Waals surface area contributed by atoms with E-state index >= 15 is 0 Å². The van der Waals surface area contributed by atoms with Crippen molar-refractivity contribution in [2.75, 3.05) is 18.6 Å². The van der Waals surface area contributed by atoms with Crippen LogP contribution in [-0.2, 0) is 7.05 Å². The van der Waals surface area contributed by atoms with Crippen LogP contribution in [-0.4, -0.2) is 33.4 Å². The van der Waals surface area contributed by atoms with Crippen LogP contribution in [0.15, 0.2) is 35.2 Å². The fraction of sp³-hybridized carbons (Fsp3) is 0.353. The van der Waals surface area contributed by atoms with Crippen molar-refractivity contribution < 1.29 is 4.74 Å². The average molecular weight is 388 g/mol. The van der Waals surface area contributed by atoms with E-state index in [2.05, 4.69) is 48.0 Å². The molecule has 0 aliphatic carbocycles. The van der Waals surface area contributed by atoms with Crippen LogP contribution in [0.3, 0.4) is 0 Å². The number of fused-ring (bicyclic) bond motifs is 1. The minimum atomic E-state index is 0.307. The van der Waals surface area contributed by atoms with Crippen LogP contribution in [0.1, 0.15) is 24.4 Å². The van der Waals surface area contributed by atoms with Gasteiger partial charge in [0.15, 0.2) is 5.65 Å². The molecule has 24 heavy (non-hydrogen) atoms. The Morgan fingerprint density at radius 3 is 2.75 bits per heavy atom. The van der Waals surface area contributed by atoms with Crippen molar-refractivity contribution in [3.63, 3.8) is 0 Å². The number of nitrogens with zero attached hydrogens (tertiary/aromatic N) is 5. The molecule has 124 valence electrons. The van der Waals surface area contributed by atoms with Gasteiger partial charge in [-0.15, -0.1) is 0 Å². The summed E-state index contributed by atoms with van der Waals surface area (Å²) in [6.45, 7) is 0.976. The third-order valence-corrected chi connectivity index (χ3v) is 5.14. The first-order valence-corrected chi connectivity index (χ1v) is 8.72. The molecule has 4 rings (SSSR count). The van der Waals surface area contributed by atoms with Gasteiger partial charge >= 0.3 is 0 Å². The van der Waals surface area contributed by atoms with Crippen LogP contribution < -0.4 is 9.64 Å². The Balaban J connectivity index is 1.77. The van der Waals surface area contributed by atoms with Crippen LogP contribution in [0.5, 0.6) is 5.75 Å². The number of anilines is 1. The average Bonchev–Trinajstić information content (AvgIpc) is 3.20. The van der Waals surface area contributed by atoms with Crippen LogP contribution >= 0.6 is 15.9 Å². The number of aryl methyl sites for hydroxylation is 1. The van der Waals surface area contributed by atoms with Gasteiger partial charge < -0.3 is 9.64 Å². The van der Waals surface area contributed by atoms with Gasteiger partial charge in [0.25, 0.3) is 0 Å². The van der Waals surface area contributed by atoms with Gasteiger partial charge in [-0.05, 0) is 46.5 Å². The molecule has 2 aromatic heterocycles. The molecule has 1 saturated heterocycles. The zero-order valence-electron chi connectivity index (χ0n) is 13.6. The van der Waals surface area contributed by atoms with E-state index in [1.807, 2.05) is 19.2 Å². The minimum absolute atomic E-state index is 0.307. The van der Waals surface area contributed by atoms with E-state index in [9.17, 15) is 0 Å². The monoisotopic (exact) mass is 387 g/mol. The van der Waals surface area contributed by atoms with Crippen LogP contribution in [0.4, 0.5) is 5.82 Å². The van der Waals surface area contributed by atoms with Crippen LogP contribution in [0.2, 0.25) is 0 Å². The lowest BCUT2D eigenvalue weighted by Gasteiger charge is -2.26. The maximum absolute atomic E-state index is 5.27. The number of aromatic nitrogens is 4. The van der Waals surface area contributed by atoms with Gasteiger partial charge in [-0.3, -0.25) is 0 Å². The van der Waals surface area contributed by atoms with Crippen molar-refractivity contribution in [3.8, 4) is 5.75 Å². The van der Waals surface area contributed by atoms with E-state index in [4.69, 9.17) is 4.74 Å². The van der Waals surface area contributed by atoms with Gasteiger partial charge in [0.05, 0.1) is 18.5 Å². The Morgan fingerprint density at radius 1 is 1.21 bits per heavy atom. The summed E-state index contributed by atoms with van der Waals surface area (Å²) in [7, 11) is 3.59. The van der Waals surface area contributed by atoms with Gasteiger partial charge in [-0.2, -0.15) is 5.10 Å². The van der Waals surface area contributed by atoms with Gasteiger partial charge in [-0.25, -0.2) is 14.6 Å². The zero-order valence-corrected chi connectivity index (χ0v) is 15.2. The van der Waals surface area contributed by atoms with Crippen molar-refractivity contribution in [1.29, 1.82) is 0 Å². The van der Waals surface area contributed by atoms with E-state index in [0.29, 0.717) is 6.04 Å². The Labute approximate surface area is 148 Å². The van der Waals surface area contributed by atoms with E-state index < -0.39 is 0 Å². The SMILES string of the molecule is COc1ccc([C@@H]2CCCN2c2ncnc3c2c(Br)nn3C)cc1. The molecule has 0 amide bonds. The first-order chi connectivity index (χ1) is 11.7. The largest absolute Gasteiger partial charge is 0.497 e. The molecule has 3 aromatic rings. The normalized spacial score (nSPS) is 17.6. The third kappa shape index (κ3) is 2.43. The second-order valence-corrected chi connectivity index (χ2v) is 6.69. The Kier molecular flexibility index (Phi) is 3.88. The van der Waals surface area contributed by atoms with Crippen molar-refractivity contribution in [3.05, 3.63) is 40.8 Å². The molecule has 0 spiro atoms. The molecular weight excluding hydrogens is 370 g/mol. The fourth-order valence-electron chi connectivity index (χ4n) is 3.44. The highest BCUT2D eigenvalue weighted by Crippen LogP contribution is 2.39. The van der Waals surface area contributed by atoms with Gasteiger partial charge in [0.2, 0.25) is 0 Å². The zero-order chi connectivity index (χ0) is 16.7. The predicted octanol–water partition coefficient (Wildman–Crippen LogP) is 3.48. The Morgan fingerprint density at radius 2 is 2.00 bits per heavy atom. The molecule has 0 N–H and O–H groups in total. The van der Waals surface area contributed by atoms with Crippen molar-refractivity contribution in [1.82, 2.24) is 19.7 Å². The van der Waals surface area contributed by atoms with Crippen molar-refractivity contribution in [2.24, 2.45) is 7.05 Å². The minimum Gasteiger partial charge on any atom is -0.497 e. The lowest BCUT2D eigenvalue weighted by atomic mass is 10.0. The van der Waals surface area contributed by atoms with E-state index in [1.54, 1.807) is 18.1 Å². The first-order valence-electron chi connectivity index (χ1n) is 7.93. The van der Waals surface area contributed by atoms with Crippen LogP contribution in [0.25, 0.3) is 11.0 Å². The maximum atomic E-state index is 5.27. The van der Waals surface area contributed by atoms with Gasteiger partial charge in [0.1, 0.15) is 22.5 Å². The highest BCUT2D eigenvalue weighted by atomic mass is 79.9. The van der Waals surface area contributed by atoms with Gasteiger partial charge in [-0.1, -0.05) is 12.1 Å². The molecule has 1 aliphatic rings. The maximum Gasteiger partial charge on any atom is 0.164 e. The number of hydrogen-bond donors (Lipinski definition) is 0. The van der Waals surface area contributed by atoms with E-state index in [-0.39, 0.29) is 0 Å². The van der Waals surface area contributed by atoms with Crippen molar-refractivity contribution >= 4 is 32.8 Å². The van der Waals surface area contributed by atoms with Crippen molar-refractivity contribution in [2.45, 2.75) is 18.9 Å². The summed E-state index contributed by atoms with van der Waals surface area (Å²) in [6, 6.07) is 8.61. The summed E-state index contributed by atoms with van der Waals surface area (Å²) in [5, 5.41) is 5.40. The smallest absolute Gasteiger partial charge is 0.164 e. The lowest BCUT2D eigenvalue weighted by molar-refractivity contribution is 0.414. The topological polar surface area (TPSA) is 56.1 Å². The Bertz CT molecular complexity index is 877. The predicted molar refractivity (Wildman–Crippen MR) is 96.3 cm³/mol. The first kappa shape index (κ1) is 15.4. The number of hydrogen-bond acceptors (Lipinski definition) is 5. The number of halogens is 1. The molecule has 1 atom stereocenters. The second kappa shape index (κ2) is 6.05. The third-order valence-electron chi connectivity index (χ3n) is 4.58. The number of benzene rings is 1. The summed E-state index contributed by atoms with van der Waals surface area (Å²) < 4.78 is 7.84. The summed E-state index contributed by atoms with van der Waals surface area (Å²) >= 11 is 3.56. The standard InChI is InChI=1S/C17H18BrN5O/c1-22-16-14(15(18)21-22)17(20-10-19-16)23-9-3-4-13(23)11-5-7-12(24-2)8-6-11/h5-8,10,13H,3-4,9H2,1-2H3/t13-/m0/s1. The van der Waals surface area contributed by atoms with Gasteiger partial charge in [0, 0.05) is 13.6 Å². The quantitative estimate of drug-likeness (QED) is 0.688. The summed E-state index contributed by atoms with van der Waals surface area (Å²) in [6.07, 6.45) is 3.87. The summed E-state index contributed by atoms with van der Waals surface area (Å²) in [5.41, 5.74) is 2.12. The highest BCUT2D eigenvalue weighted by Gasteiger charge is 2.30.